The van der Waals surface area contributed by atoms with Gasteiger partial charge in [-0.05, 0) is 24.6 Å². The van der Waals surface area contributed by atoms with Crippen molar-refractivity contribution < 1.29 is 17.7 Å². The van der Waals surface area contributed by atoms with E-state index in [9.17, 15) is 8.42 Å². The van der Waals surface area contributed by atoms with Gasteiger partial charge >= 0.3 is 0 Å². The number of hydrogen-bond acceptors (Lipinski definition) is 3. The van der Waals surface area contributed by atoms with Crippen LogP contribution in [0.4, 0.5) is 0 Å². The number of methoxy groups -OCH3 is 1. The summed E-state index contributed by atoms with van der Waals surface area (Å²) in [6.45, 7) is 1.73. The van der Waals surface area contributed by atoms with Crippen LogP contribution in [0.3, 0.4) is 0 Å². The second kappa shape index (κ2) is 4.63. The molecule has 0 aliphatic rings. The maximum absolute atomic E-state index is 10.8. The van der Waals surface area contributed by atoms with E-state index >= 15 is 0 Å². The largest absolute Gasteiger partial charge is 0.495 e. The van der Waals surface area contributed by atoms with Crippen molar-refractivity contribution in [1.29, 1.82) is 0 Å². The Hall–Kier alpha value is -0.780. The van der Waals surface area contributed by atoms with Gasteiger partial charge in [0.25, 0.3) is 10.1 Å². The van der Waals surface area contributed by atoms with E-state index in [4.69, 9.17) is 9.29 Å². The van der Waals surface area contributed by atoms with E-state index in [1.165, 1.54) is 19.2 Å². The first-order valence-corrected chi connectivity index (χ1v) is 5.01. The molecule has 14 heavy (non-hydrogen) atoms. The van der Waals surface area contributed by atoms with Crippen LogP contribution in [0.2, 0.25) is 0 Å². The molecule has 0 saturated carbocycles. The minimum atomic E-state index is -4.19. The van der Waals surface area contributed by atoms with Gasteiger partial charge < -0.3 is 4.74 Å². The molecule has 0 atom stereocenters. The molecule has 0 bridgehead atoms. The minimum absolute atomic E-state index is 0. The topological polar surface area (TPSA) is 63.6 Å². The Morgan fingerprint density at radius 3 is 2.36 bits per heavy atom. The molecule has 0 aromatic heterocycles. The standard InChI is InChI=1S/C8H10O4S.ClH/c1-6-3-4-7(12-2)8(5-6)13(9,10)11;/h3-5H,1-2H3,(H,9,10,11);1H. The number of rotatable bonds is 2. The van der Waals surface area contributed by atoms with Crippen LogP contribution in [-0.2, 0) is 10.1 Å². The molecule has 0 saturated heterocycles. The van der Waals surface area contributed by atoms with E-state index in [1.807, 2.05) is 0 Å². The Bertz CT molecular complexity index is 413. The van der Waals surface area contributed by atoms with E-state index < -0.39 is 10.1 Å². The molecule has 1 aromatic rings. The van der Waals surface area contributed by atoms with Gasteiger partial charge in [-0.15, -0.1) is 12.4 Å². The highest BCUT2D eigenvalue weighted by atomic mass is 35.5. The lowest BCUT2D eigenvalue weighted by Gasteiger charge is -2.05. The van der Waals surface area contributed by atoms with E-state index in [0.717, 1.165) is 5.56 Å². The molecular formula is C8H11ClO4S. The van der Waals surface area contributed by atoms with E-state index in [0.29, 0.717) is 0 Å². The van der Waals surface area contributed by atoms with Crippen LogP contribution in [0.15, 0.2) is 23.1 Å². The zero-order valence-electron chi connectivity index (χ0n) is 7.72. The van der Waals surface area contributed by atoms with Crippen molar-refractivity contribution in [2.45, 2.75) is 11.8 Å². The lowest BCUT2D eigenvalue weighted by Crippen LogP contribution is -2.01. The summed E-state index contributed by atoms with van der Waals surface area (Å²) in [5.41, 5.74) is 0.744. The van der Waals surface area contributed by atoms with Crippen LogP contribution < -0.4 is 4.74 Å². The second-order valence-electron chi connectivity index (χ2n) is 2.63. The Labute approximate surface area is 89.1 Å². The summed E-state index contributed by atoms with van der Waals surface area (Å²) in [5.74, 6) is 0.146. The smallest absolute Gasteiger partial charge is 0.298 e. The third-order valence-corrected chi connectivity index (χ3v) is 2.47. The van der Waals surface area contributed by atoms with Gasteiger partial charge in [0.2, 0.25) is 0 Å². The summed E-state index contributed by atoms with van der Waals surface area (Å²) < 4.78 is 35.3. The van der Waals surface area contributed by atoms with E-state index in [-0.39, 0.29) is 23.1 Å². The third-order valence-electron chi connectivity index (χ3n) is 1.60. The molecule has 1 N–H and O–H groups in total. The van der Waals surface area contributed by atoms with Crippen molar-refractivity contribution in [2.75, 3.05) is 7.11 Å². The average molecular weight is 239 g/mol. The summed E-state index contributed by atoms with van der Waals surface area (Å²) in [6, 6.07) is 4.56. The Balaban J connectivity index is 0.00000169. The van der Waals surface area contributed by atoms with Gasteiger partial charge in [-0.3, -0.25) is 4.55 Å². The molecule has 1 aromatic carbocycles. The third kappa shape index (κ3) is 2.87. The maximum Gasteiger partial charge on any atom is 0.298 e. The Morgan fingerprint density at radius 1 is 1.36 bits per heavy atom. The summed E-state index contributed by atoms with van der Waals surface area (Å²) >= 11 is 0. The van der Waals surface area contributed by atoms with Crippen molar-refractivity contribution in [3.05, 3.63) is 23.8 Å². The van der Waals surface area contributed by atoms with Gasteiger partial charge in [0.05, 0.1) is 7.11 Å². The number of aryl methyl sites for hydroxylation is 1. The monoisotopic (exact) mass is 238 g/mol. The fourth-order valence-corrected chi connectivity index (χ4v) is 1.73. The van der Waals surface area contributed by atoms with Crippen LogP contribution in [-0.4, -0.2) is 20.1 Å². The Morgan fingerprint density at radius 2 is 1.93 bits per heavy atom. The molecule has 0 radical (unpaired) electrons. The van der Waals surface area contributed by atoms with Crippen molar-refractivity contribution >= 4 is 22.5 Å². The van der Waals surface area contributed by atoms with Crippen LogP contribution >= 0.6 is 12.4 Å². The first-order chi connectivity index (χ1) is 5.95. The molecule has 0 amide bonds. The quantitative estimate of drug-likeness (QED) is 0.797. The van der Waals surface area contributed by atoms with Gasteiger partial charge in [0, 0.05) is 0 Å². The van der Waals surface area contributed by atoms with Crippen molar-refractivity contribution in [1.82, 2.24) is 0 Å². The summed E-state index contributed by atoms with van der Waals surface area (Å²) in [7, 11) is -2.85. The molecule has 0 fully saturated rings. The van der Waals surface area contributed by atoms with Gasteiger partial charge in [-0.1, -0.05) is 6.07 Å². The van der Waals surface area contributed by atoms with E-state index in [2.05, 4.69) is 0 Å². The number of ether oxygens (including phenoxy) is 1. The van der Waals surface area contributed by atoms with Crippen molar-refractivity contribution in [3.8, 4) is 5.75 Å². The lowest BCUT2D eigenvalue weighted by atomic mass is 10.2. The molecule has 0 heterocycles. The predicted octanol–water partition coefficient (Wildman–Crippen LogP) is 1.67. The minimum Gasteiger partial charge on any atom is -0.495 e. The van der Waals surface area contributed by atoms with Crippen molar-refractivity contribution in [3.63, 3.8) is 0 Å². The molecule has 80 valence electrons. The fraction of sp³-hybridized carbons (Fsp3) is 0.250. The summed E-state index contributed by atoms with van der Waals surface area (Å²) in [6.07, 6.45) is 0. The first-order valence-electron chi connectivity index (χ1n) is 3.57. The highest BCUT2D eigenvalue weighted by Gasteiger charge is 2.15. The Kier molecular flexibility index (Phi) is 4.38. The predicted molar refractivity (Wildman–Crippen MR) is 54.8 cm³/mol. The highest BCUT2D eigenvalue weighted by Crippen LogP contribution is 2.23. The zero-order valence-corrected chi connectivity index (χ0v) is 9.35. The second-order valence-corrected chi connectivity index (χ2v) is 4.02. The molecule has 6 heteroatoms. The first kappa shape index (κ1) is 13.2. The van der Waals surface area contributed by atoms with Crippen LogP contribution in [0, 0.1) is 6.92 Å². The zero-order chi connectivity index (χ0) is 10.1. The van der Waals surface area contributed by atoms with E-state index in [1.54, 1.807) is 13.0 Å². The summed E-state index contributed by atoms with van der Waals surface area (Å²) in [5, 5.41) is 0. The molecule has 0 unspecified atom stereocenters. The van der Waals surface area contributed by atoms with Crippen LogP contribution in [0.1, 0.15) is 5.56 Å². The van der Waals surface area contributed by atoms with Gasteiger partial charge in [0.15, 0.2) is 0 Å². The normalized spacial score (nSPS) is 10.5. The van der Waals surface area contributed by atoms with Crippen molar-refractivity contribution in [2.24, 2.45) is 0 Å². The number of halogens is 1. The van der Waals surface area contributed by atoms with Gasteiger partial charge in [-0.25, -0.2) is 0 Å². The lowest BCUT2D eigenvalue weighted by molar-refractivity contribution is 0.397. The molecule has 1 rings (SSSR count). The fourth-order valence-electron chi connectivity index (χ4n) is 0.986. The molecule has 0 aliphatic heterocycles. The van der Waals surface area contributed by atoms with Crippen LogP contribution in [0.5, 0.6) is 5.75 Å². The number of benzene rings is 1. The van der Waals surface area contributed by atoms with Gasteiger partial charge in [0.1, 0.15) is 10.6 Å². The number of hydrogen-bond donors (Lipinski definition) is 1. The molecular weight excluding hydrogens is 228 g/mol. The van der Waals surface area contributed by atoms with Gasteiger partial charge in [-0.2, -0.15) is 8.42 Å². The molecule has 0 spiro atoms. The maximum atomic E-state index is 10.8. The molecule has 4 nitrogen and oxygen atoms in total. The van der Waals surface area contributed by atoms with Crippen LogP contribution in [0.25, 0.3) is 0 Å². The average Bonchev–Trinajstić information content (AvgIpc) is 2.03. The molecule has 0 aliphatic carbocycles. The highest BCUT2D eigenvalue weighted by molar-refractivity contribution is 7.86. The SMILES string of the molecule is COc1ccc(C)cc1S(=O)(=O)O.Cl. The summed E-state index contributed by atoms with van der Waals surface area (Å²) in [4.78, 5) is -0.199.